The lowest BCUT2D eigenvalue weighted by Crippen LogP contribution is -1.99. The maximum atomic E-state index is 12.1. The van der Waals surface area contributed by atoms with Gasteiger partial charge in [-0.05, 0) is 29.8 Å². The highest BCUT2D eigenvalue weighted by molar-refractivity contribution is 6.41. The zero-order valence-electron chi connectivity index (χ0n) is 14.0. The number of aromatic nitrogens is 1. The molecule has 0 atom stereocenters. The molecule has 1 amide bonds. The van der Waals surface area contributed by atoms with Gasteiger partial charge >= 0.3 is 0 Å². The second-order valence-electron chi connectivity index (χ2n) is 5.52. The molecule has 0 fully saturated rings. The third kappa shape index (κ3) is 3.72. The van der Waals surface area contributed by atoms with Gasteiger partial charge in [0, 0.05) is 0 Å². The van der Waals surface area contributed by atoms with E-state index in [-0.39, 0.29) is 18.0 Å². The summed E-state index contributed by atoms with van der Waals surface area (Å²) >= 11 is 12.2. The van der Waals surface area contributed by atoms with Gasteiger partial charge in [-0.2, -0.15) is 5.26 Å². The number of carbonyl (C=O) groups excluding carboxylic acids is 1. The zero-order chi connectivity index (χ0) is 19.6. The molecule has 0 aliphatic heterocycles. The number of ether oxygens (including phenoxy) is 1. The van der Waals surface area contributed by atoms with Crippen LogP contribution in [0.25, 0.3) is 10.9 Å². The highest BCUT2D eigenvalue weighted by atomic mass is 35.5. The van der Waals surface area contributed by atoms with E-state index in [4.69, 9.17) is 33.2 Å². The summed E-state index contributed by atoms with van der Waals surface area (Å²) < 4.78 is 5.06. The summed E-state index contributed by atoms with van der Waals surface area (Å²) in [4.78, 5) is 14.8. The van der Waals surface area contributed by atoms with E-state index in [1.807, 2.05) is 6.07 Å². The van der Waals surface area contributed by atoms with Crippen LogP contribution in [0.2, 0.25) is 10.0 Å². The number of aromatic hydroxyl groups is 1. The second kappa shape index (κ2) is 7.66. The van der Waals surface area contributed by atoms with Crippen LogP contribution in [-0.2, 0) is 11.2 Å². The van der Waals surface area contributed by atoms with Crippen molar-refractivity contribution >= 4 is 45.7 Å². The summed E-state index contributed by atoms with van der Waals surface area (Å²) in [7, 11) is 1.46. The summed E-state index contributed by atoms with van der Waals surface area (Å²) in [6.45, 7) is 0. The van der Waals surface area contributed by atoms with Crippen molar-refractivity contribution in [3.63, 3.8) is 0 Å². The van der Waals surface area contributed by atoms with Gasteiger partial charge in [0.2, 0.25) is 5.88 Å². The molecule has 1 heterocycles. The molecule has 0 unspecified atom stereocenters. The fraction of sp³-hybridized carbons (Fsp3) is 0.111. The standard InChI is InChI=1S/C18H12Cl2N4O3/c1-27-13-5-2-9(6-10(13)8-21)7-14(25)23-24-17-15-11(19)3-4-12(20)16(15)22-18(17)26/h2-6,22,26H,7H2,1H3. The average molecular weight is 403 g/mol. The molecule has 2 N–H and O–H groups in total. The van der Waals surface area contributed by atoms with Gasteiger partial charge in [0.05, 0.1) is 40.0 Å². The third-order valence-corrected chi connectivity index (χ3v) is 4.44. The molecule has 3 rings (SSSR count). The molecule has 1 aromatic heterocycles. The minimum Gasteiger partial charge on any atom is -0.495 e. The van der Waals surface area contributed by atoms with E-state index in [0.717, 1.165) is 0 Å². The summed E-state index contributed by atoms with van der Waals surface area (Å²) in [5, 5.41) is 27.6. The number of nitrogens with one attached hydrogen (secondary N) is 1. The van der Waals surface area contributed by atoms with E-state index < -0.39 is 5.91 Å². The number of hydrogen-bond acceptors (Lipinski definition) is 5. The van der Waals surface area contributed by atoms with Crippen molar-refractivity contribution in [2.24, 2.45) is 10.2 Å². The van der Waals surface area contributed by atoms with Crippen molar-refractivity contribution in [3.05, 3.63) is 51.5 Å². The number of methoxy groups -OCH3 is 1. The first-order valence-electron chi connectivity index (χ1n) is 7.64. The van der Waals surface area contributed by atoms with Crippen molar-refractivity contribution in [1.29, 1.82) is 5.26 Å². The first-order chi connectivity index (χ1) is 12.9. The van der Waals surface area contributed by atoms with Crippen LogP contribution in [0.3, 0.4) is 0 Å². The summed E-state index contributed by atoms with van der Waals surface area (Å²) in [5.74, 6) is -0.436. The van der Waals surface area contributed by atoms with Crippen molar-refractivity contribution in [3.8, 4) is 17.7 Å². The van der Waals surface area contributed by atoms with Gasteiger partial charge in [-0.3, -0.25) is 4.79 Å². The number of amides is 1. The van der Waals surface area contributed by atoms with E-state index in [0.29, 0.717) is 37.8 Å². The van der Waals surface area contributed by atoms with Gasteiger partial charge in [0.25, 0.3) is 5.91 Å². The molecule has 136 valence electrons. The van der Waals surface area contributed by atoms with Crippen molar-refractivity contribution < 1.29 is 14.6 Å². The monoisotopic (exact) mass is 402 g/mol. The number of fused-ring (bicyclic) bond motifs is 1. The molecule has 0 spiro atoms. The highest BCUT2D eigenvalue weighted by Gasteiger charge is 2.16. The molecule has 2 aromatic carbocycles. The van der Waals surface area contributed by atoms with Crippen LogP contribution in [-0.4, -0.2) is 23.1 Å². The molecule has 0 aliphatic rings. The summed E-state index contributed by atoms with van der Waals surface area (Å²) in [6, 6.07) is 9.94. The molecule has 0 saturated carbocycles. The maximum absolute atomic E-state index is 12.1. The number of hydrogen-bond donors (Lipinski definition) is 2. The molecule has 7 nitrogen and oxygen atoms in total. The Morgan fingerprint density at radius 2 is 2.04 bits per heavy atom. The summed E-state index contributed by atoms with van der Waals surface area (Å²) in [6.07, 6.45) is -0.0697. The third-order valence-electron chi connectivity index (χ3n) is 3.81. The number of H-pyrrole nitrogens is 1. The fourth-order valence-electron chi connectivity index (χ4n) is 2.57. The Kier molecular flexibility index (Phi) is 5.31. The Labute approximate surface area is 163 Å². The highest BCUT2D eigenvalue weighted by Crippen LogP contribution is 2.42. The van der Waals surface area contributed by atoms with Crippen LogP contribution in [0, 0.1) is 11.3 Å². The smallest absolute Gasteiger partial charge is 0.269 e. The predicted octanol–water partition coefficient (Wildman–Crippen LogP) is 4.91. The van der Waals surface area contributed by atoms with Crippen LogP contribution in [0.15, 0.2) is 40.6 Å². The van der Waals surface area contributed by atoms with Gasteiger partial charge in [0.15, 0.2) is 5.69 Å². The maximum Gasteiger partial charge on any atom is 0.269 e. The number of azo groups is 1. The van der Waals surface area contributed by atoms with Crippen molar-refractivity contribution in [2.75, 3.05) is 7.11 Å². The SMILES string of the molecule is COc1ccc(CC(=O)N=Nc2c(O)[nH]c3c(Cl)ccc(Cl)c23)cc1C#N. The lowest BCUT2D eigenvalue weighted by atomic mass is 10.1. The van der Waals surface area contributed by atoms with Crippen LogP contribution in [0.4, 0.5) is 5.69 Å². The Bertz CT molecular complexity index is 1120. The minimum absolute atomic E-state index is 0.0262. The van der Waals surface area contributed by atoms with Crippen LogP contribution < -0.4 is 4.74 Å². The number of nitrogens with zero attached hydrogens (tertiary/aromatic N) is 3. The first-order valence-corrected chi connectivity index (χ1v) is 8.40. The average Bonchev–Trinajstić information content (AvgIpc) is 3.00. The molecule has 0 radical (unpaired) electrons. The Morgan fingerprint density at radius 3 is 2.74 bits per heavy atom. The quantitative estimate of drug-likeness (QED) is 0.603. The molecule has 0 saturated heterocycles. The molecule has 3 aromatic rings. The molecular formula is C18H12Cl2N4O3. The first kappa shape index (κ1) is 18.7. The van der Waals surface area contributed by atoms with E-state index in [1.165, 1.54) is 7.11 Å². The molecule has 0 bridgehead atoms. The number of rotatable bonds is 4. The molecule has 0 aliphatic carbocycles. The van der Waals surface area contributed by atoms with Crippen molar-refractivity contribution in [2.45, 2.75) is 6.42 Å². The zero-order valence-corrected chi connectivity index (χ0v) is 15.5. The molecule has 9 heteroatoms. The van der Waals surface area contributed by atoms with Gasteiger partial charge in [0.1, 0.15) is 11.8 Å². The molecule has 27 heavy (non-hydrogen) atoms. The van der Waals surface area contributed by atoms with E-state index >= 15 is 0 Å². The van der Waals surface area contributed by atoms with Crippen LogP contribution in [0.5, 0.6) is 11.6 Å². The lowest BCUT2D eigenvalue weighted by Gasteiger charge is -2.04. The van der Waals surface area contributed by atoms with Gasteiger partial charge < -0.3 is 14.8 Å². The summed E-state index contributed by atoms with van der Waals surface area (Å²) in [5.41, 5.74) is 1.33. The Hall–Kier alpha value is -3.08. The normalized spacial score (nSPS) is 11.0. The lowest BCUT2D eigenvalue weighted by molar-refractivity contribution is -0.117. The largest absolute Gasteiger partial charge is 0.495 e. The predicted molar refractivity (Wildman–Crippen MR) is 101 cm³/mol. The number of nitriles is 1. The number of carbonyl (C=O) groups is 1. The van der Waals surface area contributed by atoms with Gasteiger partial charge in [-0.1, -0.05) is 29.3 Å². The second-order valence-corrected chi connectivity index (χ2v) is 6.33. The van der Waals surface area contributed by atoms with E-state index in [2.05, 4.69) is 15.2 Å². The molecular weight excluding hydrogens is 391 g/mol. The number of halogens is 2. The van der Waals surface area contributed by atoms with E-state index in [9.17, 15) is 9.90 Å². The van der Waals surface area contributed by atoms with Crippen LogP contribution in [0.1, 0.15) is 11.1 Å². The van der Waals surface area contributed by atoms with E-state index in [1.54, 1.807) is 30.3 Å². The number of benzene rings is 2. The topological polar surface area (TPSA) is 111 Å². The van der Waals surface area contributed by atoms with Gasteiger partial charge in [-0.15, -0.1) is 10.2 Å². The minimum atomic E-state index is -0.559. The van der Waals surface area contributed by atoms with Gasteiger partial charge in [-0.25, -0.2) is 0 Å². The van der Waals surface area contributed by atoms with Crippen LogP contribution >= 0.6 is 23.2 Å². The van der Waals surface area contributed by atoms with Crippen molar-refractivity contribution in [1.82, 2.24) is 4.98 Å². The number of aromatic amines is 1. The Balaban J connectivity index is 1.86. The Morgan fingerprint density at radius 1 is 1.30 bits per heavy atom. The fourth-order valence-corrected chi connectivity index (χ4v) is 3.02.